The lowest BCUT2D eigenvalue weighted by Gasteiger charge is -2.25. The number of halogens is 1. The Hall–Kier alpha value is -1.06. The summed E-state index contributed by atoms with van der Waals surface area (Å²) in [5.74, 6) is -0.147. The molecule has 0 aliphatic rings. The second-order valence-corrected chi connectivity index (χ2v) is 5.07. The first-order valence-corrected chi connectivity index (χ1v) is 5.95. The standard InChI is InChI=1S/C13H18ClNO2/c1-9(16)8-15-12(17)13(2,3)10-6-4-5-7-11(10)14/h4-7,9,16H,8H2,1-3H3,(H,15,17). The summed E-state index contributed by atoms with van der Waals surface area (Å²) in [5.41, 5.74) is 0.0671. The van der Waals surface area contributed by atoms with Crippen molar-refractivity contribution in [3.05, 3.63) is 34.9 Å². The van der Waals surface area contributed by atoms with E-state index in [1.165, 1.54) is 0 Å². The molecule has 17 heavy (non-hydrogen) atoms. The van der Waals surface area contributed by atoms with Crippen LogP contribution in [0.3, 0.4) is 0 Å². The molecule has 0 aliphatic heterocycles. The Bertz CT molecular complexity index is 402. The SMILES string of the molecule is CC(O)CNC(=O)C(C)(C)c1ccccc1Cl. The molecule has 4 heteroatoms. The van der Waals surface area contributed by atoms with Gasteiger partial charge < -0.3 is 10.4 Å². The first-order chi connectivity index (χ1) is 7.85. The largest absolute Gasteiger partial charge is 0.392 e. The van der Waals surface area contributed by atoms with Crippen LogP contribution in [0.25, 0.3) is 0 Å². The zero-order chi connectivity index (χ0) is 13.1. The molecule has 0 radical (unpaired) electrons. The van der Waals surface area contributed by atoms with E-state index in [0.717, 1.165) is 5.56 Å². The maximum Gasteiger partial charge on any atom is 0.230 e. The topological polar surface area (TPSA) is 49.3 Å². The number of carbonyl (C=O) groups is 1. The third kappa shape index (κ3) is 3.45. The smallest absolute Gasteiger partial charge is 0.230 e. The molecular formula is C13H18ClNO2. The van der Waals surface area contributed by atoms with Gasteiger partial charge in [0.2, 0.25) is 5.91 Å². The lowest BCUT2D eigenvalue weighted by molar-refractivity contribution is -0.126. The maximum atomic E-state index is 12.0. The molecule has 1 atom stereocenters. The van der Waals surface area contributed by atoms with E-state index in [4.69, 9.17) is 16.7 Å². The molecule has 94 valence electrons. The molecule has 1 aromatic rings. The third-order valence-corrected chi connectivity index (χ3v) is 3.00. The van der Waals surface area contributed by atoms with E-state index >= 15 is 0 Å². The lowest BCUT2D eigenvalue weighted by atomic mass is 9.83. The Balaban J connectivity index is 2.87. The Morgan fingerprint density at radius 3 is 2.59 bits per heavy atom. The van der Waals surface area contributed by atoms with E-state index in [2.05, 4.69) is 5.32 Å². The van der Waals surface area contributed by atoms with Gasteiger partial charge in [-0.05, 0) is 32.4 Å². The van der Waals surface area contributed by atoms with Gasteiger partial charge in [-0.25, -0.2) is 0 Å². The molecule has 0 aliphatic carbocycles. The number of benzene rings is 1. The molecule has 3 nitrogen and oxygen atoms in total. The summed E-state index contributed by atoms with van der Waals surface area (Å²) in [4.78, 5) is 12.0. The van der Waals surface area contributed by atoms with Crippen LogP contribution in [0.1, 0.15) is 26.3 Å². The fraction of sp³-hybridized carbons (Fsp3) is 0.462. The molecule has 1 amide bonds. The van der Waals surface area contributed by atoms with E-state index in [-0.39, 0.29) is 12.5 Å². The first kappa shape index (κ1) is 14.0. The molecule has 0 saturated heterocycles. The quantitative estimate of drug-likeness (QED) is 0.866. The monoisotopic (exact) mass is 255 g/mol. The maximum absolute atomic E-state index is 12.0. The highest BCUT2D eigenvalue weighted by Gasteiger charge is 2.31. The molecule has 1 rings (SSSR count). The summed E-state index contributed by atoms with van der Waals surface area (Å²) < 4.78 is 0. The molecule has 0 saturated carbocycles. The van der Waals surface area contributed by atoms with Crippen LogP contribution in [-0.4, -0.2) is 23.7 Å². The van der Waals surface area contributed by atoms with Gasteiger partial charge in [-0.3, -0.25) is 4.79 Å². The predicted octanol–water partition coefficient (Wildman–Crippen LogP) is 2.11. The number of amides is 1. The van der Waals surface area contributed by atoms with Gasteiger partial charge in [0.1, 0.15) is 0 Å². The highest BCUT2D eigenvalue weighted by molar-refractivity contribution is 6.31. The molecule has 0 spiro atoms. The van der Waals surface area contributed by atoms with Crippen LogP contribution in [0.4, 0.5) is 0 Å². The van der Waals surface area contributed by atoms with Crippen LogP contribution < -0.4 is 5.32 Å². The molecule has 0 heterocycles. The van der Waals surface area contributed by atoms with E-state index in [0.29, 0.717) is 5.02 Å². The summed E-state index contributed by atoms with van der Waals surface area (Å²) in [6, 6.07) is 7.28. The minimum absolute atomic E-state index is 0.147. The zero-order valence-electron chi connectivity index (χ0n) is 10.3. The summed E-state index contributed by atoms with van der Waals surface area (Å²) in [6.45, 7) is 5.49. The highest BCUT2D eigenvalue weighted by atomic mass is 35.5. The van der Waals surface area contributed by atoms with E-state index < -0.39 is 11.5 Å². The fourth-order valence-corrected chi connectivity index (χ4v) is 1.92. The third-order valence-electron chi connectivity index (χ3n) is 2.67. The number of nitrogens with one attached hydrogen (secondary N) is 1. The van der Waals surface area contributed by atoms with Gasteiger partial charge >= 0.3 is 0 Å². The van der Waals surface area contributed by atoms with Gasteiger partial charge in [-0.1, -0.05) is 29.8 Å². The molecule has 0 fully saturated rings. The average Bonchev–Trinajstić information content (AvgIpc) is 2.26. The summed E-state index contributed by atoms with van der Waals surface area (Å²) in [6.07, 6.45) is -0.555. The van der Waals surface area contributed by atoms with Crippen LogP contribution in [0.2, 0.25) is 5.02 Å². The Labute approximate surface area is 107 Å². The van der Waals surface area contributed by atoms with E-state index in [9.17, 15) is 4.79 Å². The van der Waals surface area contributed by atoms with Gasteiger partial charge in [0.25, 0.3) is 0 Å². The number of carbonyl (C=O) groups excluding carboxylic acids is 1. The van der Waals surface area contributed by atoms with Crippen molar-refractivity contribution in [2.45, 2.75) is 32.3 Å². The summed E-state index contributed by atoms with van der Waals surface area (Å²) >= 11 is 6.09. The predicted molar refractivity (Wildman–Crippen MR) is 69.2 cm³/mol. The van der Waals surface area contributed by atoms with E-state index in [1.54, 1.807) is 13.0 Å². The van der Waals surface area contributed by atoms with Crippen LogP contribution in [0.15, 0.2) is 24.3 Å². The minimum atomic E-state index is -0.715. The van der Waals surface area contributed by atoms with Crippen molar-refractivity contribution >= 4 is 17.5 Å². The normalized spacial score (nSPS) is 13.2. The van der Waals surface area contributed by atoms with Crippen LogP contribution in [0, 0.1) is 0 Å². The van der Waals surface area contributed by atoms with Gasteiger partial charge in [-0.2, -0.15) is 0 Å². The second-order valence-electron chi connectivity index (χ2n) is 4.66. The van der Waals surface area contributed by atoms with Crippen molar-refractivity contribution in [2.75, 3.05) is 6.54 Å². The number of hydrogen-bond donors (Lipinski definition) is 2. The number of rotatable bonds is 4. The summed E-state index contributed by atoms with van der Waals surface area (Å²) in [5, 5.41) is 12.4. The van der Waals surface area contributed by atoms with Crippen LogP contribution in [0.5, 0.6) is 0 Å². The van der Waals surface area contributed by atoms with Crippen molar-refractivity contribution in [1.82, 2.24) is 5.32 Å². The van der Waals surface area contributed by atoms with Crippen LogP contribution >= 0.6 is 11.6 Å². The van der Waals surface area contributed by atoms with E-state index in [1.807, 2.05) is 32.0 Å². The molecule has 1 aromatic carbocycles. The second kappa shape index (κ2) is 5.52. The fourth-order valence-electron chi connectivity index (χ4n) is 1.55. The van der Waals surface area contributed by atoms with Crippen molar-refractivity contribution in [3.8, 4) is 0 Å². The average molecular weight is 256 g/mol. The number of aliphatic hydroxyl groups excluding tert-OH is 1. The molecule has 1 unspecified atom stereocenters. The van der Waals surface area contributed by atoms with Gasteiger partial charge in [0, 0.05) is 11.6 Å². The Kier molecular flexibility index (Phi) is 4.54. The highest BCUT2D eigenvalue weighted by Crippen LogP contribution is 2.29. The van der Waals surface area contributed by atoms with Crippen molar-refractivity contribution < 1.29 is 9.90 Å². The summed E-state index contributed by atoms with van der Waals surface area (Å²) in [7, 11) is 0. The Morgan fingerprint density at radius 2 is 2.06 bits per heavy atom. The zero-order valence-corrected chi connectivity index (χ0v) is 11.1. The number of aliphatic hydroxyl groups is 1. The Morgan fingerprint density at radius 1 is 1.47 bits per heavy atom. The molecule has 0 bridgehead atoms. The van der Waals surface area contributed by atoms with Gasteiger partial charge in [-0.15, -0.1) is 0 Å². The molecular weight excluding hydrogens is 238 g/mol. The first-order valence-electron chi connectivity index (χ1n) is 5.57. The van der Waals surface area contributed by atoms with Crippen molar-refractivity contribution in [3.63, 3.8) is 0 Å². The lowest BCUT2D eigenvalue weighted by Crippen LogP contribution is -2.42. The molecule has 2 N–H and O–H groups in total. The minimum Gasteiger partial charge on any atom is -0.392 e. The van der Waals surface area contributed by atoms with Crippen molar-refractivity contribution in [2.24, 2.45) is 0 Å². The van der Waals surface area contributed by atoms with Crippen LogP contribution in [-0.2, 0) is 10.2 Å². The van der Waals surface area contributed by atoms with Crippen molar-refractivity contribution in [1.29, 1.82) is 0 Å². The van der Waals surface area contributed by atoms with Gasteiger partial charge in [0.05, 0.1) is 11.5 Å². The van der Waals surface area contributed by atoms with Gasteiger partial charge in [0.15, 0.2) is 0 Å². The molecule has 0 aromatic heterocycles. The number of hydrogen-bond acceptors (Lipinski definition) is 2.